The molecule has 0 bridgehead atoms. The lowest BCUT2D eigenvalue weighted by atomic mass is 10.1. The Hall–Kier alpha value is -4.28. The molecule has 3 rings (SSSR count). The number of carbonyl (C=O) groups is 4. The van der Waals surface area contributed by atoms with Crippen LogP contribution in [0.4, 0.5) is 11.4 Å². The number of hydrogen-bond acceptors (Lipinski definition) is 7. The Morgan fingerprint density at radius 2 is 1.94 bits per heavy atom. The number of carbonyl (C=O) groups excluding carboxylic acids is 4. The van der Waals surface area contributed by atoms with Gasteiger partial charge in [-0.2, -0.15) is 0 Å². The van der Waals surface area contributed by atoms with Gasteiger partial charge in [0.05, 0.1) is 17.4 Å². The normalized spacial score (nSPS) is 15.2. The molecule has 0 spiro atoms. The summed E-state index contributed by atoms with van der Waals surface area (Å²) in [4.78, 5) is 59.2. The van der Waals surface area contributed by atoms with Gasteiger partial charge >= 0.3 is 5.97 Å². The summed E-state index contributed by atoms with van der Waals surface area (Å²) >= 11 is 0. The molecule has 1 heterocycles. The number of nitro groups is 1. The molecule has 1 atom stereocenters. The summed E-state index contributed by atoms with van der Waals surface area (Å²) in [5, 5.41) is 14.6. The van der Waals surface area contributed by atoms with Crippen LogP contribution in [0.3, 0.4) is 0 Å². The summed E-state index contributed by atoms with van der Waals surface area (Å²) in [7, 11) is 0. The Bertz CT molecular complexity index is 1090. The average molecular weight is 440 g/mol. The third-order valence-electron chi connectivity index (χ3n) is 4.69. The lowest BCUT2D eigenvalue weighted by Gasteiger charge is -2.17. The minimum atomic E-state index is -0.889. The summed E-state index contributed by atoms with van der Waals surface area (Å²) in [5.74, 6) is -3.59. The summed E-state index contributed by atoms with van der Waals surface area (Å²) in [5.41, 5.74) is 3.17. The van der Waals surface area contributed by atoms with Gasteiger partial charge in [-0.25, -0.2) is 0 Å². The molecule has 1 aliphatic rings. The van der Waals surface area contributed by atoms with Crippen LogP contribution in [0.15, 0.2) is 48.5 Å². The van der Waals surface area contributed by atoms with Gasteiger partial charge in [-0.15, -0.1) is 0 Å². The van der Waals surface area contributed by atoms with Crippen LogP contribution in [0.5, 0.6) is 0 Å². The number of rotatable bonds is 7. The number of aryl methyl sites for hydroxylation is 1. The molecule has 0 unspecified atom stereocenters. The molecule has 0 aliphatic carbocycles. The fourth-order valence-electron chi connectivity index (χ4n) is 3.16. The molecule has 0 radical (unpaired) electrons. The number of para-hydroxylation sites is 1. The summed E-state index contributed by atoms with van der Waals surface area (Å²) in [6.45, 7) is 1.16. The predicted octanol–water partition coefficient (Wildman–Crippen LogP) is 1.58. The predicted molar refractivity (Wildman–Crippen MR) is 111 cm³/mol. The maximum atomic E-state index is 12.4. The van der Waals surface area contributed by atoms with Crippen molar-refractivity contribution in [1.29, 1.82) is 0 Å². The third-order valence-corrected chi connectivity index (χ3v) is 4.69. The molecule has 1 aliphatic heterocycles. The number of nitrogens with one attached hydrogen (secondary N) is 2. The molecule has 11 heteroatoms. The molecule has 1 fully saturated rings. The minimum Gasteiger partial charge on any atom is -0.455 e. The maximum absolute atomic E-state index is 12.4. The van der Waals surface area contributed by atoms with Gasteiger partial charge in [-0.1, -0.05) is 24.3 Å². The van der Waals surface area contributed by atoms with Crippen molar-refractivity contribution in [3.63, 3.8) is 0 Å². The van der Waals surface area contributed by atoms with Gasteiger partial charge in [-0.05, 0) is 30.7 Å². The zero-order valence-corrected chi connectivity index (χ0v) is 17.1. The van der Waals surface area contributed by atoms with Crippen molar-refractivity contribution < 1.29 is 28.8 Å². The van der Waals surface area contributed by atoms with E-state index in [-0.39, 0.29) is 18.5 Å². The van der Waals surface area contributed by atoms with Gasteiger partial charge in [0.1, 0.15) is 5.56 Å². The van der Waals surface area contributed by atoms with Gasteiger partial charge in [-0.3, -0.25) is 39.7 Å². The number of ether oxygens (including phenoxy) is 1. The van der Waals surface area contributed by atoms with Gasteiger partial charge in [0.2, 0.25) is 5.91 Å². The maximum Gasteiger partial charge on any atom is 0.311 e. The standard InChI is InChI=1S/C21H20N4O7/c1-13-5-4-6-15(9-13)22-18(26)12-32-21(29)14-10-19(27)24(11-14)23-20(28)16-7-2-3-8-17(16)25(30)31/h2-9,14H,10-12H2,1H3,(H,22,26)(H,23,28)/t14-/m0/s1. The Balaban J connectivity index is 1.52. The molecule has 166 valence electrons. The quantitative estimate of drug-likeness (QED) is 0.377. The van der Waals surface area contributed by atoms with Crippen LogP contribution in [-0.4, -0.2) is 46.8 Å². The lowest BCUT2D eigenvalue weighted by molar-refractivity contribution is -0.385. The second-order valence-corrected chi connectivity index (χ2v) is 7.15. The number of anilines is 1. The number of benzene rings is 2. The highest BCUT2D eigenvalue weighted by Gasteiger charge is 2.37. The molecule has 2 aromatic carbocycles. The smallest absolute Gasteiger partial charge is 0.311 e. The van der Waals surface area contributed by atoms with Crippen LogP contribution in [0.2, 0.25) is 0 Å². The zero-order chi connectivity index (χ0) is 23.3. The van der Waals surface area contributed by atoms with Crippen LogP contribution in [-0.2, 0) is 19.1 Å². The molecular formula is C21H20N4O7. The average Bonchev–Trinajstić information content (AvgIpc) is 3.12. The van der Waals surface area contributed by atoms with E-state index in [1.807, 2.05) is 13.0 Å². The topological polar surface area (TPSA) is 148 Å². The van der Waals surface area contributed by atoms with Crippen LogP contribution in [0.25, 0.3) is 0 Å². The van der Waals surface area contributed by atoms with Crippen molar-refractivity contribution in [2.45, 2.75) is 13.3 Å². The van der Waals surface area contributed by atoms with Gasteiger partial charge in [0, 0.05) is 18.2 Å². The highest BCUT2D eigenvalue weighted by Crippen LogP contribution is 2.20. The van der Waals surface area contributed by atoms with Gasteiger partial charge in [0.25, 0.3) is 17.5 Å². The van der Waals surface area contributed by atoms with E-state index in [1.54, 1.807) is 18.2 Å². The largest absolute Gasteiger partial charge is 0.455 e. The first-order valence-corrected chi connectivity index (χ1v) is 9.62. The number of esters is 1. The molecule has 0 aromatic heterocycles. The van der Waals surface area contributed by atoms with Crippen molar-refractivity contribution in [2.75, 3.05) is 18.5 Å². The molecular weight excluding hydrogens is 420 g/mol. The van der Waals surface area contributed by atoms with Crippen LogP contribution >= 0.6 is 0 Å². The first kappa shape index (κ1) is 22.4. The molecule has 3 amide bonds. The SMILES string of the molecule is Cc1cccc(NC(=O)COC(=O)[C@H]2CC(=O)N(NC(=O)c3ccccc3[N+](=O)[O-])C2)c1. The van der Waals surface area contributed by atoms with Crippen molar-refractivity contribution in [2.24, 2.45) is 5.92 Å². The van der Waals surface area contributed by atoms with Gasteiger partial charge in [0.15, 0.2) is 6.61 Å². The highest BCUT2D eigenvalue weighted by atomic mass is 16.6. The Labute approximate surface area is 182 Å². The van der Waals surface area contributed by atoms with E-state index in [2.05, 4.69) is 10.7 Å². The number of hydrazine groups is 1. The molecule has 2 aromatic rings. The fourth-order valence-corrected chi connectivity index (χ4v) is 3.16. The molecule has 1 saturated heterocycles. The van der Waals surface area contributed by atoms with E-state index in [4.69, 9.17) is 4.74 Å². The van der Waals surface area contributed by atoms with Gasteiger partial charge < -0.3 is 10.1 Å². The van der Waals surface area contributed by atoms with E-state index in [1.165, 1.54) is 24.3 Å². The van der Waals surface area contributed by atoms with Crippen LogP contribution < -0.4 is 10.7 Å². The van der Waals surface area contributed by atoms with Crippen molar-refractivity contribution in [3.8, 4) is 0 Å². The Morgan fingerprint density at radius 3 is 2.66 bits per heavy atom. The van der Waals surface area contributed by atoms with E-state index in [0.717, 1.165) is 10.6 Å². The third kappa shape index (κ3) is 5.45. The lowest BCUT2D eigenvalue weighted by Crippen LogP contribution is -2.43. The monoisotopic (exact) mass is 440 g/mol. The second kappa shape index (κ2) is 9.69. The van der Waals surface area contributed by atoms with Crippen LogP contribution in [0, 0.1) is 23.0 Å². The minimum absolute atomic E-state index is 0.177. The highest BCUT2D eigenvalue weighted by molar-refractivity contribution is 5.99. The summed E-state index contributed by atoms with van der Waals surface area (Å²) in [6, 6.07) is 12.4. The van der Waals surface area contributed by atoms with E-state index in [9.17, 15) is 29.3 Å². The number of nitro benzene ring substituents is 1. The van der Waals surface area contributed by atoms with Crippen molar-refractivity contribution in [3.05, 3.63) is 69.8 Å². The van der Waals surface area contributed by atoms with Crippen molar-refractivity contribution >= 4 is 35.1 Å². The van der Waals surface area contributed by atoms with Crippen molar-refractivity contribution in [1.82, 2.24) is 10.4 Å². The number of amides is 3. The number of nitrogens with zero attached hydrogens (tertiary/aromatic N) is 2. The van der Waals surface area contributed by atoms with E-state index >= 15 is 0 Å². The fraction of sp³-hybridized carbons (Fsp3) is 0.238. The van der Waals surface area contributed by atoms with E-state index in [0.29, 0.717) is 5.69 Å². The molecule has 0 saturated carbocycles. The molecule has 32 heavy (non-hydrogen) atoms. The zero-order valence-electron chi connectivity index (χ0n) is 17.1. The molecule has 2 N–H and O–H groups in total. The Kier molecular flexibility index (Phi) is 6.78. The van der Waals surface area contributed by atoms with Crippen LogP contribution in [0.1, 0.15) is 22.3 Å². The summed E-state index contributed by atoms with van der Waals surface area (Å²) in [6.07, 6.45) is -0.227. The Morgan fingerprint density at radius 1 is 1.19 bits per heavy atom. The first-order valence-electron chi connectivity index (χ1n) is 9.62. The summed E-state index contributed by atoms with van der Waals surface area (Å²) < 4.78 is 5.00. The number of hydrogen-bond donors (Lipinski definition) is 2. The molecule has 11 nitrogen and oxygen atoms in total. The van der Waals surface area contributed by atoms with E-state index < -0.39 is 46.8 Å². The first-order chi connectivity index (χ1) is 15.2. The second-order valence-electron chi connectivity index (χ2n) is 7.15.